The van der Waals surface area contributed by atoms with Crippen molar-refractivity contribution >= 4 is 38.7 Å². The number of nitrogens with one attached hydrogen (secondary N) is 2. The molecule has 28 heavy (non-hydrogen) atoms. The Kier molecular flexibility index (Phi) is 5.05. The van der Waals surface area contributed by atoms with E-state index in [-0.39, 0.29) is 23.2 Å². The number of anilines is 1. The monoisotopic (exact) mass is 420 g/mol. The summed E-state index contributed by atoms with van der Waals surface area (Å²) < 4.78 is 25.0. The Hall–Kier alpha value is -2.49. The molecule has 1 saturated heterocycles. The minimum Gasteiger partial charge on any atom is -0.328 e. The van der Waals surface area contributed by atoms with Crippen molar-refractivity contribution < 1.29 is 18.1 Å². The summed E-state index contributed by atoms with van der Waals surface area (Å²) in [7, 11) is -2.92. The largest absolute Gasteiger partial charge is 0.328 e. The zero-order valence-corrected chi connectivity index (χ0v) is 16.5. The highest BCUT2D eigenvalue weighted by molar-refractivity contribution is 7.91. The first-order chi connectivity index (χ1) is 13.4. The number of pyridine rings is 2. The lowest BCUT2D eigenvalue weighted by atomic mass is 10.3. The van der Waals surface area contributed by atoms with Crippen LogP contribution in [0.1, 0.15) is 16.3 Å². The number of sulfone groups is 1. The molecule has 1 fully saturated rings. The van der Waals surface area contributed by atoms with Gasteiger partial charge in [0.2, 0.25) is 5.82 Å². The van der Waals surface area contributed by atoms with Gasteiger partial charge >= 0.3 is 0 Å². The molecule has 4 heterocycles. The third-order valence-electron chi connectivity index (χ3n) is 4.75. The number of halogens is 1. The van der Waals surface area contributed by atoms with Crippen molar-refractivity contribution in [3.63, 3.8) is 0 Å². The van der Waals surface area contributed by atoms with E-state index in [0.29, 0.717) is 30.5 Å². The fourth-order valence-electron chi connectivity index (χ4n) is 3.25. The number of hydrogen-bond acceptors (Lipinski definition) is 5. The molecule has 0 aromatic carbocycles. The number of aromatic nitrogens is 3. The number of carbonyl (C=O) groups excluding carboxylic acids is 1. The van der Waals surface area contributed by atoms with Crippen LogP contribution >= 0.6 is 11.6 Å². The molecule has 0 spiro atoms. The van der Waals surface area contributed by atoms with Crippen molar-refractivity contribution in [1.82, 2.24) is 14.4 Å². The number of carbonyl (C=O) groups is 1. The summed E-state index contributed by atoms with van der Waals surface area (Å²) in [6.45, 7) is 1.66. The van der Waals surface area contributed by atoms with Gasteiger partial charge in [-0.1, -0.05) is 17.7 Å². The Morgan fingerprint density at radius 1 is 1.21 bits per heavy atom. The molecule has 146 valence electrons. The topological polar surface area (TPSA) is 97.9 Å². The van der Waals surface area contributed by atoms with Crippen molar-refractivity contribution in [3.05, 3.63) is 59.3 Å². The second-order valence-electron chi connectivity index (χ2n) is 6.73. The number of quaternary nitrogens is 1. The van der Waals surface area contributed by atoms with Crippen LogP contribution in [0.3, 0.4) is 0 Å². The Balaban J connectivity index is 1.59. The molecule has 3 aromatic heterocycles. The van der Waals surface area contributed by atoms with Gasteiger partial charge in [-0.25, -0.2) is 18.4 Å². The number of imidazole rings is 1. The van der Waals surface area contributed by atoms with Gasteiger partial charge in [0.25, 0.3) is 5.91 Å². The number of fused-ring (bicyclic) bond motifs is 1. The smallest absolute Gasteiger partial charge is 0.293 e. The second-order valence-corrected chi connectivity index (χ2v) is 9.47. The van der Waals surface area contributed by atoms with Crippen molar-refractivity contribution in [3.8, 4) is 0 Å². The molecule has 0 aliphatic carbocycles. The highest BCUT2D eigenvalue weighted by atomic mass is 35.5. The van der Waals surface area contributed by atoms with Gasteiger partial charge in [-0.15, -0.1) is 0 Å². The summed E-state index contributed by atoms with van der Waals surface area (Å²) in [5.41, 5.74) is 1.60. The third-order valence-corrected chi connectivity index (χ3v) is 6.62. The van der Waals surface area contributed by atoms with E-state index in [1.807, 2.05) is 18.2 Å². The molecule has 0 bridgehead atoms. The van der Waals surface area contributed by atoms with E-state index in [1.165, 1.54) is 6.20 Å². The van der Waals surface area contributed by atoms with Gasteiger partial charge < -0.3 is 10.2 Å². The maximum atomic E-state index is 12.8. The van der Waals surface area contributed by atoms with E-state index in [2.05, 4.69) is 15.3 Å². The Morgan fingerprint density at radius 2 is 2.00 bits per heavy atom. The van der Waals surface area contributed by atoms with Gasteiger partial charge in [0.1, 0.15) is 18.1 Å². The molecule has 3 aromatic rings. The third kappa shape index (κ3) is 4.01. The van der Waals surface area contributed by atoms with Crippen LogP contribution < -0.4 is 10.2 Å². The Labute approximate surface area is 167 Å². The second kappa shape index (κ2) is 7.50. The van der Waals surface area contributed by atoms with Crippen LogP contribution in [-0.2, 0) is 16.4 Å². The highest BCUT2D eigenvalue weighted by Crippen LogP contribution is 2.15. The summed E-state index contributed by atoms with van der Waals surface area (Å²) in [5.74, 6) is 0.633. The van der Waals surface area contributed by atoms with Gasteiger partial charge in [0, 0.05) is 12.4 Å². The van der Waals surface area contributed by atoms with Gasteiger partial charge in [-0.05, 0) is 24.3 Å². The molecule has 1 aliphatic rings. The molecule has 0 radical (unpaired) electrons. The standard InChI is InChI=1S/C18H18ClN5O3S/c19-13-4-5-16(20-11-13)22-18(25)17-21-14(15-3-1-2-6-24(15)17)12-23-7-9-28(26,27)10-8-23/h1-6,11H,7-10,12H2,(H,20,22,25)/p+1. The van der Waals surface area contributed by atoms with Crippen LogP contribution in [0.2, 0.25) is 5.02 Å². The maximum absolute atomic E-state index is 12.8. The summed E-state index contributed by atoms with van der Waals surface area (Å²) in [6.07, 6.45) is 3.24. The summed E-state index contributed by atoms with van der Waals surface area (Å²) in [6, 6.07) is 8.89. The van der Waals surface area contributed by atoms with E-state index >= 15 is 0 Å². The summed E-state index contributed by atoms with van der Waals surface area (Å²) in [4.78, 5) is 22.5. The van der Waals surface area contributed by atoms with Crippen LogP contribution in [0.15, 0.2) is 42.7 Å². The van der Waals surface area contributed by atoms with E-state index in [4.69, 9.17) is 11.6 Å². The molecule has 0 saturated carbocycles. The van der Waals surface area contributed by atoms with E-state index in [1.54, 1.807) is 22.7 Å². The van der Waals surface area contributed by atoms with E-state index < -0.39 is 9.84 Å². The van der Waals surface area contributed by atoms with Crippen LogP contribution in [0.25, 0.3) is 5.52 Å². The first kappa shape index (κ1) is 18.9. The van der Waals surface area contributed by atoms with E-state index in [0.717, 1.165) is 16.1 Å². The SMILES string of the molecule is O=C(Nc1ccc(Cl)cn1)c1nc(C[NH+]2CCS(=O)(=O)CC2)c2ccccn12. The molecule has 8 nitrogen and oxygen atoms in total. The lowest BCUT2D eigenvalue weighted by Crippen LogP contribution is -3.13. The predicted molar refractivity (Wildman–Crippen MR) is 105 cm³/mol. The molecular formula is C18H19ClN5O3S+. The molecule has 1 aliphatic heterocycles. The van der Waals surface area contributed by atoms with E-state index in [9.17, 15) is 13.2 Å². The van der Waals surface area contributed by atoms with Crippen LogP contribution in [0, 0.1) is 0 Å². The van der Waals surface area contributed by atoms with Gasteiger partial charge in [-0.2, -0.15) is 0 Å². The normalized spacial score (nSPS) is 16.9. The zero-order chi connectivity index (χ0) is 19.7. The minimum absolute atomic E-state index is 0.184. The van der Waals surface area contributed by atoms with Crippen molar-refractivity contribution in [2.45, 2.75) is 6.54 Å². The maximum Gasteiger partial charge on any atom is 0.293 e. The number of amides is 1. The summed E-state index contributed by atoms with van der Waals surface area (Å²) in [5, 5.41) is 3.21. The number of nitrogens with zero attached hydrogens (tertiary/aromatic N) is 3. The average Bonchev–Trinajstić information content (AvgIpc) is 3.04. The highest BCUT2D eigenvalue weighted by Gasteiger charge is 2.27. The zero-order valence-electron chi connectivity index (χ0n) is 14.9. The fourth-order valence-corrected chi connectivity index (χ4v) is 4.77. The van der Waals surface area contributed by atoms with Crippen molar-refractivity contribution in [2.24, 2.45) is 0 Å². The average molecular weight is 421 g/mol. The minimum atomic E-state index is -2.92. The lowest BCUT2D eigenvalue weighted by Gasteiger charge is -2.22. The van der Waals surface area contributed by atoms with Crippen LogP contribution in [0.4, 0.5) is 5.82 Å². The molecule has 1 amide bonds. The van der Waals surface area contributed by atoms with Crippen LogP contribution in [0.5, 0.6) is 0 Å². The van der Waals surface area contributed by atoms with Gasteiger partial charge in [0.05, 0.1) is 35.1 Å². The van der Waals surface area contributed by atoms with Gasteiger partial charge in [-0.3, -0.25) is 9.20 Å². The summed E-state index contributed by atoms with van der Waals surface area (Å²) >= 11 is 5.83. The molecule has 0 atom stereocenters. The van der Waals surface area contributed by atoms with Crippen LogP contribution in [-0.4, -0.2) is 53.3 Å². The molecule has 0 unspecified atom stereocenters. The van der Waals surface area contributed by atoms with Crippen molar-refractivity contribution in [1.29, 1.82) is 0 Å². The fraction of sp³-hybridized carbons (Fsp3) is 0.278. The quantitative estimate of drug-likeness (QED) is 0.638. The lowest BCUT2D eigenvalue weighted by molar-refractivity contribution is -0.910. The molecule has 10 heteroatoms. The molecule has 4 rings (SSSR count). The predicted octanol–water partition coefficient (Wildman–Crippen LogP) is 0.448. The first-order valence-corrected chi connectivity index (χ1v) is 11.0. The van der Waals surface area contributed by atoms with Gasteiger partial charge in [0.15, 0.2) is 9.84 Å². The number of rotatable bonds is 4. The van der Waals surface area contributed by atoms with Crippen molar-refractivity contribution in [2.75, 3.05) is 29.9 Å². The first-order valence-electron chi connectivity index (χ1n) is 8.84. The molecular weight excluding hydrogens is 402 g/mol. The molecule has 2 N–H and O–H groups in total. The Bertz CT molecular complexity index is 1110. The Morgan fingerprint density at radius 3 is 2.71 bits per heavy atom. The number of hydrogen-bond donors (Lipinski definition) is 2.